The number of aliphatic carboxylic acids is 1. The number of rotatable bonds is 6. The number of carbonyl (C=O) groups excluding carboxylic acids is 1. The van der Waals surface area contributed by atoms with Gasteiger partial charge in [-0.1, -0.05) is 6.07 Å². The van der Waals surface area contributed by atoms with Gasteiger partial charge in [0, 0.05) is 18.5 Å². The molecule has 21 heavy (non-hydrogen) atoms. The van der Waals surface area contributed by atoms with E-state index < -0.39 is 16.9 Å². The first-order valence-electron chi connectivity index (χ1n) is 6.87. The van der Waals surface area contributed by atoms with E-state index in [4.69, 9.17) is 0 Å². The number of amides is 2. The molecule has 0 aliphatic carbocycles. The quantitative estimate of drug-likeness (QED) is 0.848. The molecule has 0 saturated carbocycles. The van der Waals surface area contributed by atoms with Crippen LogP contribution in [0.25, 0.3) is 0 Å². The molecular formula is C15H24N2O3S. The Labute approximate surface area is 130 Å². The molecule has 0 spiro atoms. The van der Waals surface area contributed by atoms with Crippen molar-refractivity contribution in [2.45, 2.75) is 39.7 Å². The SMILES string of the molecule is CN(CCc1cccs1)C(=O)NC(C)(C)C(C)(C)C(=O)O. The summed E-state index contributed by atoms with van der Waals surface area (Å²) in [6.45, 7) is 7.27. The molecular weight excluding hydrogens is 288 g/mol. The Morgan fingerprint density at radius 3 is 2.43 bits per heavy atom. The van der Waals surface area contributed by atoms with Crippen LogP contribution in [0.5, 0.6) is 0 Å². The molecule has 6 heteroatoms. The molecule has 0 aromatic carbocycles. The zero-order valence-corrected chi connectivity index (χ0v) is 14.1. The third-order valence-corrected chi connectivity index (χ3v) is 5.07. The van der Waals surface area contributed by atoms with Gasteiger partial charge < -0.3 is 15.3 Å². The van der Waals surface area contributed by atoms with Crippen molar-refractivity contribution >= 4 is 23.3 Å². The Kier molecular flexibility index (Phi) is 5.39. The number of likely N-dealkylation sites (N-methyl/N-ethyl adjacent to an activating group) is 1. The summed E-state index contributed by atoms with van der Waals surface area (Å²) < 4.78 is 0. The zero-order chi connectivity index (χ0) is 16.3. The Morgan fingerprint density at radius 2 is 1.95 bits per heavy atom. The summed E-state index contributed by atoms with van der Waals surface area (Å²) >= 11 is 1.66. The van der Waals surface area contributed by atoms with Crippen molar-refractivity contribution < 1.29 is 14.7 Å². The highest BCUT2D eigenvalue weighted by Gasteiger charge is 2.44. The van der Waals surface area contributed by atoms with Crippen LogP contribution in [0.15, 0.2) is 17.5 Å². The molecule has 118 valence electrons. The third-order valence-electron chi connectivity index (χ3n) is 4.14. The summed E-state index contributed by atoms with van der Waals surface area (Å²) in [5, 5.41) is 14.1. The van der Waals surface area contributed by atoms with Crippen LogP contribution in [-0.2, 0) is 11.2 Å². The van der Waals surface area contributed by atoms with Gasteiger partial charge in [-0.15, -0.1) is 11.3 Å². The van der Waals surface area contributed by atoms with E-state index in [0.29, 0.717) is 6.54 Å². The second-order valence-corrected chi connectivity index (χ2v) is 7.27. The van der Waals surface area contributed by atoms with Crippen molar-refractivity contribution in [3.8, 4) is 0 Å². The fraction of sp³-hybridized carbons (Fsp3) is 0.600. The molecule has 1 aromatic heterocycles. The lowest BCUT2D eigenvalue weighted by Gasteiger charge is -2.39. The van der Waals surface area contributed by atoms with Gasteiger partial charge in [0.1, 0.15) is 0 Å². The maximum atomic E-state index is 12.2. The largest absolute Gasteiger partial charge is 0.481 e. The highest BCUT2D eigenvalue weighted by Crippen LogP contribution is 2.30. The van der Waals surface area contributed by atoms with E-state index in [1.54, 1.807) is 51.0 Å². The molecule has 0 unspecified atom stereocenters. The molecule has 1 heterocycles. The van der Waals surface area contributed by atoms with Crippen molar-refractivity contribution in [3.63, 3.8) is 0 Å². The standard InChI is InChI=1S/C15H24N2O3S/c1-14(2,12(18)19)15(3,4)16-13(20)17(5)9-8-11-7-6-10-21-11/h6-7,10H,8-9H2,1-5H3,(H,16,20)(H,18,19). The fourth-order valence-electron chi connectivity index (χ4n) is 1.62. The summed E-state index contributed by atoms with van der Waals surface area (Å²) in [5.41, 5.74) is -1.91. The maximum Gasteiger partial charge on any atom is 0.317 e. The molecule has 2 amide bonds. The number of hydrogen-bond donors (Lipinski definition) is 2. The first-order chi connectivity index (χ1) is 9.58. The van der Waals surface area contributed by atoms with E-state index in [2.05, 4.69) is 5.32 Å². The number of hydrogen-bond acceptors (Lipinski definition) is 3. The zero-order valence-electron chi connectivity index (χ0n) is 13.3. The van der Waals surface area contributed by atoms with Gasteiger partial charge in [-0.05, 0) is 45.6 Å². The minimum atomic E-state index is -1.06. The predicted octanol–water partition coefficient (Wildman–Crippen LogP) is 2.82. The molecule has 0 aliphatic rings. The highest BCUT2D eigenvalue weighted by molar-refractivity contribution is 7.09. The van der Waals surface area contributed by atoms with E-state index >= 15 is 0 Å². The summed E-state index contributed by atoms with van der Waals surface area (Å²) in [6, 6.07) is 3.76. The second-order valence-electron chi connectivity index (χ2n) is 6.24. The predicted molar refractivity (Wildman–Crippen MR) is 84.7 cm³/mol. The van der Waals surface area contributed by atoms with Gasteiger partial charge >= 0.3 is 12.0 Å². The molecule has 0 fully saturated rings. The van der Waals surface area contributed by atoms with Crippen LogP contribution in [0.3, 0.4) is 0 Å². The van der Waals surface area contributed by atoms with Gasteiger partial charge in [0.15, 0.2) is 0 Å². The molecule has 0 radical (unpaired) electrons. The smallest absolute Gasteiger partial charge is 0.317 e. The van der Waals surface area contributed by atoms with Crippen LogP contribution >= 0.6 is 11.3 Å². The number of nitrogens with zero attached hydrogens (tertiary/aromatic N) is 1. The summed E-state index contributed by atoms with van der Waals surface area (Å²) in [7, 11) is 1.72. The van der Waals surface area contributed by atoms with Crippen LogP contribution < -0.4 is 5.32 Å². The number of carboxylic acid groups (broad SMARTS) is 1. The minimum Gasteiger partial charge on any atom is -0.481 e. The average molecular weight is 312 g/mol. The topological polar surface area (TPSA) is 69.6 Å². The lowest BCUT2D eigenvalue weighted by atomic mass is 9.74. The van der Waals surface area contributed by atoms with E-state index in [1.807, 2.05) is 17.5 Å². The normalized spacial score (nSPS) is 12.0. The molecule has 0 atom stereocenters. The van der Waals surface area contributed by atoms with E-state index in [9.17, 15) is 14.7 Å². The van der Waals surface area contributed by atoms with Gasteiger partial charge in [0.25, 0.3) is 0 Å². The van der Waals surface area contributed by atoms with Crippen molar-refractivity contribution in [2.75, 3.05) is 13.6 Å². The second kappa shape index (κ2) is 6.47. The van der Waals surface area contributed by atoms with Gasteiger partial charge in [-0.2, -0.15) is 0 Å². The van der Waals surface area contributed by atoms with Crippen molar-refractivity contribution in [1.82, 2.24) is 10.2 Å². The lowest BCUT2D eigenvalue weighted by molar-refractivity contribution is -0.150. The lowest BCUT2D eigenvalue weighted by Crippen LogP contribution is -2.59. The summed E-state index contributed by atoms with van der Waals surface area (Å²) in [4.78, 5) is 26.4. The average Bonchev–Trinajstić information content (AvgIpc) is 2.87. The monoisotopic (exact) mass is 312 g/mol. The Bertz CT molecular complexity index is 495. The van der Waals surface area contributed by atoms with E-state index in [1.165, 1.54) is 4.88 Å². The first kappa shape index (κ1) is 17.5. The molecule has 0 aliphatic heterocycles. The van der Waals surface area contributed by atoms with Gasteiger partial charge in [-0.25, -0.2) is 4.79 Å². The van der Waals surface area contributed by atoms with Crippen LogP contribution in [0, 0.1) is 5.41 Å². The van der Waals surface area contributed by atoms with Crippen molar-refractivity contribution in [3.05, 3.63) is 22.4 Å². The fourth-order valence-corrected chi connectivity index (χ4v) is 2.32. The molecule has 2 N–H and O–H groups in total. The number of thiophene rings is 1. The Hall–Kier alpha value is -1.56. The molecule has 0 bridgehead atoms. The van der Waals surface area contributed by atoms with Crippen LogP contribution in [-0.4, -0.2) is 41.1 Å². The minimum absolute atomic E-state index is 0.258. The maximum absolute atomic E-state index is 12.2. The van der Waals surface area contributed by atoms with Crippen molar-refractivity contribution in [2.24, 2.45) is 5.41 Å². The number of urea groups is 1. The molecule has 1 rings (SSSR count). The van der Waals surface area contributed by atoms with Gasteiger partial charge in [-0.3, -0.25) is 4.79 Å². The van der Waals surface area contributed by atoms with Crippen molar-refractivity contribution in [1.29, 1.82) is 0 Å². The Balaban J connectivity index is 2.60. The highest BCUT2D eigenvalue weighted by atomic mass is 32.1. The van der Waals surface area contributed by atoms with E-state index in [-0.39, 0.29) is 6.03 Å². The van der Waals surface area contributed by atoms with E-state index in [0.717, 1.165) is 6.42 Å². The Morgan fingerprint density at radius 1 is 1.33 bits per heavy atom. The molecule has 0 saturated heterocycles. The third kappa shape index (κ3) is 4.20. The first-order valence-corrected chi connectivity index (χ1v) is 7.75. The van der Waals surface area contributed by atoms with Crippen LogP contribution in [0.2, 0.25) is 0 Å². The van der Waals surface area contributed by atoms with Crippen LogP contribution in [0.4, 0.5) is 4.79 Å². The van der Waals surface area contributed by atoms with Gasteiger partial charge in [0.2, 0.25) is 0 Å². The molecule has 1 aromatic rings. The molecule has 5 nitrogen and oxygen atoms in total. The van der Waals surface area contributed by atoms with Crippen LogP contribution in [0.1, 0.15) is 32.6 Å². The van der Waals surface area contributed by atoms with Gasteiger partial charge in [0.05, 0.1) is 11.0 Å². The summed E-state index contributed by atoms with van der Waals surface area (Å²) in [6.07, 6.45) is 0.796. The number of carbonyl (C=O) groups is 2. The number of nitrogens with one attached hydrogen (secondary N) is 1. The number of carboxylic acids is 1. The summed E-state index contributed by atoms with van der Waals surface area (Å²) in [5.74, 6) is -0.936.